The minimum Gasteiger partial charge on any atom is -0.494 e. The summed E-state index contributed by atoms with van der Waals surface area (Å²) in [6, 6.07) is 0. The Hall–Kier alpha value is -1.16. The molecule has 56 valence electrons. The van der Waals surface area contributed by atoms with Gasteiger partial charge in [-0.15, -0.1) is 0 Å². The van der Waals surface area contributed by atoms with E-state index in [-0.39, 0.29) is 5.88 Å². The van der Waals surface area contributed by atoms with Crippen molar-refractivity contribution in [3.8, 4) is 0 Å². The van der Waals surface area contributed by atoms with Crippen molar-refractivity contribution in [2.45, 2.75) is 0 Å². The standard InChI is InChI=1S/C7H6N2OS/c10-6-5-11-7-8-3-1-2-4-9(6)7/h1-5,10H. The van der Waals surface area contributed by atoms with Crippen LogP contribution in [-0.4, -0.2) is 15.2 Å². The molecule has 0 aromatic carbocycles. The van der Waals surface area contributed by atoms with Gasteiger partial charge in [0.1, 0.15) is 0 Å². The third-order valence-electron chi connectivity index (χ3n) is 1.34. The SMILES string of the molecule is OC1=CSC2=NC=CC=CN12. The number of allylic oxidation sites excluding steroid dienone is 2. The fourth-order valence-electron chi connectivity index (χ4n) is 0.842. The van der Waals surface area contributed by atoms with Gasteiger partial charge in [-0.3, -0.25) is 4.90 Å². The lowest BCUT2D eigenvalue weighted by Gasteiger charge is -2.10. The summed E-state index contributed by atoms with van der Waals surface area (Å²) in [5.74, 6) is 0.230. The zero-order valence-electron chi connectivity index (χ0n) is 5.64. The first-order valence-corrected chi connectivity index (χ1v) is 4.02. The summed E-state index contributed by atoms with van der Waals surface area (Å²) in [6.45, 7) is 0. The second kappa shape index (κ2) is 2.47. The molecule has 11 heavy (non-hydrogen) atoms. The van der Waals surface area contributed by atoms with Gasteiger partial charge in [0, 0.05) is 17.8 Å². The average molecular weight is 166 g/mol. The van der Waals surface area contributed by atoms with Crippen LogP contribution in [0, 0.1) is 0 Å². The number of hydrogen-bond donors (Lipinski definition) is 1. The van der Waals surface area contributed by atoms with Gasteiger partial charge in [-0.2, -0.15) is 0 Å². The Labute approximate surface area is 68.4 Å². The van der Waals surface area contributed by atoms with Crippen molar-refractivity contribution < 1.29 is 5.11 Å². The monoisotopic (exact) mass is 166 g/mol. The molecule has 2 aliphatic heterocycles. The first kappa shape index (κ1) is 6.54. The van der Waals surface area contributed by atoms with Crippen molar-refractivity contribution in [1.29, 1.82) is 0 Å². The third-order valence-corrected chi connectivity index (χ3v) is 2.18. The summed E-state index contributed by atoms with van der Waals surface area (Å²) >= 11 is 1.41. The topological polar surface area (TPSA) is 35.8 Å². The van der Waals surface area contributed by atoms with Gasteiger partial charge in [-0.25, -0.2) is 4.99 Å². The summed E-state index contributed by atoms with van der Waals surface area (Å²) < 4.78 is 0. The van der Waals surface area contributed by atoms with Crippen molar-refractivity contribution in [2.24, 2.45) is 4.99 Å². The number of aliphatic hydroxyl groups is 1. The van der Waals surface area contributed by atoms with Crippen molar-refractivity contribution >= 4 is 16.9 Å². The largest absolute Gasteiger partial charge is 0.494 e. The zero-order valence-corrected chi connectivity index (χ0v) is 6.45. The van der Waals surface area contributed by atoms with Crippen molar-refractivity contribution in [3.63, 3.8) is 0 Å². The Kier molecular flexibility index (Phi) is 1.47. The second-order valence-electron chi connectivity index (χ2n) is 2.06. The number of rotatable bonds is 0. The number of aliphatic imine (C=N–C) groups is 1. The molecule has 0 saturated carbocycles. The van der Waals surface area contributed by atoms with E-state index < -0.39 is 0 Å². The zero-order chi connectivity index (χ0) is 7.68. The van der Waals surface area contributed by atoms with Crippen LogP contribution in [0.5, 0.6) is 0 Å². The molecule has 0 aliphatic carbocycles. The minimum atomic E-state index is 0.230. The van der Waals surface area contributed by atoms with Gasteiger partial charge < -0.3 is 5.11 Å². The van der Waals surface area contributed by atoms with Crippen molar-refractivity contribution in [3.05, 3.63) is 35.8 Å². The van der Waals surface area contributed by atoms with Gasteiger partial charge in [-0.1, -0.05) is 11.8 Å². The molecule has 0 radical (unpaired) electrons. The minimum absolute atomic E-state index is 0.230. The maximum absolute atomic E-state index is 9.26. The van der Waals surface area contributed by atoms with Crippen LogP contribution in [0.1, 0.15) is 0 Å². The first-order valence-electron chi connectivity index (χ1n) is 3.14. The molecule has 0 bridgehead atoms. The molecule has 0 fully saturated rings. The Morgan fingerprint density at radius 3 is 3.27 bits per heavy atom. The maximum Gasteiger partial charge on any atom is 0.204 e. The van der Waals surface area contributed by atoms with Gasteiger partial charge in [0.2, 0.25) is 5.88 Å². The lowest BCUT2D eigenvalue weighted by Crippen LogP contribution is -2.16. The molecule has 4 heteroatoms. The van der Waals surface area contributed by atoms with E-state index in [1.54, 1.807) is 22.7 Å². The van der Waals surface area contributed by atoms with E-state index in [0.717, 1.165) is 5.17 Å². The molecular weight excluding hydrogens is 160 g/mol. The summed E-state index contributed by atoms with van der Waals surface area (Å²) in [7, 11) is 0. The molecule has 0 amide bonds. The van der Waals surface area contributed by atoms with Crippen LogP contribution in [0.4, 0.5) is 0 Å². The van der Waals surface area contributed by atoms with Gasteiger partial charge >= 0.3 is 0 Å². The fraction of sp³-hybridized carbons (Fsp3) is 0. The van der Waals surface area contributed by atoms with E-state index in [4.69, 9.17) is 0 Å². The number of aliphatic hydroxyl groups excluding tert-OH is 1. The first-order chi connectivity index (χ1) is 5.38. The Morgan fingerprint density at radius 2 is 2.36 bits per heavy atom. The Bertz CT molecular complexity index is 291. The molecule has 0 aromatic rings. The van der Waals surface area contributed by atoms with Gasteiger partial charge in [0.05, 0.1) is 0 Å². The number of fused-ring (bicyclic) bond motifs is 1. The molecule has 0 aromatic heterocycles. The summed E-state index contributed by atoms with van der Waals surface area (Å²) in [6.07, 6.45) is 7.12. The highest BCUT2D eigenvalue weighted by Crippen LogP contribution is 2.25. The summed E-state index contributed by atoms with van der Waals surface area (Å²) in [4.78, 5) is 5.72. The van der Waals surface area contributed by atoms with Crippen LogP contribution in [0.3, 0.4) is 0 Å². The molecule has 0 atom stereocenters. The fourth-order valence-corrected chi connectivity index (χ4v) is 1.56. The molecule has 0 saturated heterocycles. The lowest BCUT2D eigenvalue weighted by atomic mass is 10.5. The molecule has 2 heterocycles. The predicted molar refractivity (Wildman–Crippen MR) is 45.9 cm³/mol. The van der Waals surface area contributed by atoms with Crippen LogP contribution in [0.15, 0.2) is 40.8 Å². The smallest absolute Gasteiger partial charge is 0.204 e. The van der Waals surface area contributed by atoms with E-state index in [0.29, 0.717) is 0 Å². The van der Waals surface area contributed by atoms with E-state index in [1.807, 2.05) is 12.2 Å². The van der Waals surface area contributed by atoms with Crippen LogP contribution in [-0.2, 0) is 0 Å². The highest BCUT2D eigenvalue weighted by molar-refractivity contribution is 8.16. The summed E-state index contributed by atoms with van der Waals surface area (Å²) in [5, 5.41) is 11.7. The molecule has 3 nitrogen and oxygen atoms in total. The quantitative estimate of drug-likeness (QED) is 0.596. The van der Waals surface area contributed by atoms with E-state index in [1.165, 1.54) is 11.8 Å². The number of thioether (sulfide) groups is 1. The second-order valence-corrected chi connectivity index (χ2v) is 2.90. The molecule has 2 aliphatic rings. The normalized spacial score (nSPS) is 20.9. The van der Waals surface area contributed by atoms with Crippen LogP contribution < -0.4 is 0 Å². The Balaban J connectivity index is 2.36. The van der Waals surface area contributed by atoms with Crippen molar-refractivity contribution in [1.82, 2.24) is 4.90 Å². The van der Waals surface area contributed by atoms with Gasteiger partial charge in [-0.05, 0) is 12.2 Å². The average Bonchev–Trinajstić information content (AvgIpc) is 2.25. The predicted octanol–water partition coefficient (Wildman–Crippen LogP) is 1.79. The molecular formula is C7H6N2OS. The summed E-state index contributed by atoms with van der Waals surface area (Å²) in [5.41, 5.74) is 0. The van der Waals surface area contributed by atoms with Gasteiger partial charge in [0.25, 0.3) is 0 Å². The number of amidine groups is 1. The van der Waals surface area contributed by atoms with E-state index in [2.05, 4.69) is 4.99 Å². The van der Waals surface area contributed by atoms with E-state index >= 15 is 0 Å². The maximum atomic E-state index is 9.26. The van der Waals surface area contributed by atoms with Crippen LogP contribution in [0.25, 0.3) is 0 Å². The highest BCUT2D eigenvalue weighted by atomic mass is 32.2. The molecule has 1 N–H and O–H groups in total. The van der Waals surface area contributed by atoms with Gasteiger partial charge in [0.15, 0.2) is 5.17 Å². The van der Waals surface area contributed by atoms with Crippen LogP contribution in [0.2, 0.25) is 0 Å². The lowest BCUT2D eigenvalue weighted by molar-refractivity contribution is 0.323. The molecule has 0 unspecified atom stereocenters. The number of nitrogens with zero attached hydrogens (tertiary/aromatic N) is 2. The highest BCUT2D eigenvalue weighted by Gasteiger charge is 2.19. The number of hydrogen-bond acceptors (Lipinski definition) is 4. The van der Waals surface area contributed by atoms with E-state index in [9.17, 15) is 5.11 Å². The Morgan fingerprint density at radius 1 is 1.45 bits per heavy atom. The third kappa shape index (κ3) is 1.05. The van der Waals surface area contributed by atoms with Crippen LogP contribution >= 0.6 is 11.8 Å². The molecule has 2 rings (SSSR count). The van der Waals surface area contributed by atoms with Crippen molar-refractivity contribution in [2.75, 3.05) is 0 Å². The molecule has 0 spiro atoms.